The summed E-state index contributed by atoms with van der Waals surface area (Å²) in [6.07, 6.45) is 0. The van der Waals surface area contributed by atoms with E-state index in [0.29, 0.717) is 0 Å². The molecule has 1 N–H and O–H groups in total. The topological polar surface area (TPSA) is 19.0 Å². The molecule has 2 heteroatoms. The predicted octanol–water partition coefficient (Wildman–Crippen LogP) is 8.77. The van der Waals surface area contributed by atoms with Crippen molar-refractivity contribution in [2.24, 2.45) is 0 Å². The summed E-state index contributed by atoms with van der Waals surface area (Å²) in [4.78, 5) is 5.82. The molecule has 0 aliphatic heterocycles. The van der Waals surface area contributed by atoms with E-state index in [4.69, 9.17) is 0 Å². The average molecular weight is 425 g/mol. The van der Waals surface area contributed by atoms with Gasteiger partial charge in [0.05, 0.1) is 0 Å². The van der Waals surface area contributed by atoms with Gasteiger partial charge < -0.3 is 9.88 Å². The van der Waals surface area contributed by atoms with Crippen molar-refractivity contribution in [2.45, 2.75) is 6.92 Å². The van der Waals surface area contributed by atoms with Gasteiger partial charge in [-0.3, -0.25) is 0 Å². The first-order chi connectivity index (χ1) is 16.3. The molecule has 5 aromatic carbocycles. The molecule has 0 atom stereocenters. The van der Waals surface area contributed by atoms with E-state index in [1.54, 1.807) is 0 Å². The Morgan fingerprint density at radius 2 is 1.15 bits per heavy atom. The third kappa shape index (κ3) is 3.56. The van der Waals surface area contributed by atoms with E-state index in [1.807, 2.05) is 0 Å². The van der Waals surface area contributed by atoms with E-state index < -0.39 is 0 Å². The summed E-state index contributed by atoms with van der Waals surface area (Å²) in [5.74, 6) is 0. The summed E-state index contributed by atoms with van der Waals surface area (Å²) in [5, 5.41) is 2.53. The van der Waals surface area contributed by atoms with Crippen LogP contribution in [0, 0.1) is 6.92 Å². The monoisotopic (exact) mass is 424 g/mol. The quantitative estimate of drug-likeness (QED) is 0.300. The number of H-pyrrole nitrogens is 1. The number of rotatable bonds is 4. The van der Waals surface area contributed by atoms with E-state index in [1.165, 1.54) is 38.5 Å². The molecule has 158 valence electrons. The molecule has 2 nitrogen and oxygen atoms in total. The number of nitrogens with one attached hydrogen (secondary N) is 1. The number of anilines is 3. The van der Waals surface area contributed by atoms with E-state index in [-0.39, 0.29) is 0 Å². The molecule has 1 heterocycles. The Morgan fingerprint density at radius 1 is 0.485 bits per heavy atom. The van der Waals surface area contributed by atoms with Crippen LogP contribution >= 0.6 is 0 Å². The number of hydrogen-bond acceptors (Lipinski definition) is 1. The lowest BCUT2D eigenvalue weighted by molar-refractivity contribution is 1.27. The molecule has 0 radical (unpaired) electrons. The summed E-state index contributed by atoms with van der Waals surface area (Å²) in [6.45, 7) is 2.14. The number of benzene rings is 5. The zero-order chi connectivity index (χ0) is 22.2. The van der Waals surface area contributed by atoms with Crippen molar-refractivity contribution >= 4 is 38.9 Å². The minimum absolute atomic E-state index is 1.14. The number of nitrogens with zero attached hydrogens (tertiary/aromatic N) is 1. The van der Waals surface area contributed by atoms with Gasteiger partial charge in [-0.15, -0.1) is 0 Å². The maximum absolute atomic E-state index is 3.51. The third-order valence-corrected chi connectivity index (χ3v) is 6.24. The first-order valence-electron chi connectivity index (χ1n) is 11.3. The highest BCUT2D eigenvalue weighted by molar-refractivity contribution is 6.08. The minimum Gasteiger partial charge on any atom is -0.355 e. The zero-order valence-electron chi connectivity index (χ0n) is 18.5. The van der Waals surface area contributed by atoms with Crippen LogP contribution in [-0.2, 0) is 0 Å². The standard InChI is InChI=1S/C31H24N2/c1-22-8-7-11-27(20-22)33(25-9-3-2-4-10-25)26-17-14-23(15-18-26)24-16-19-31-29(21-24)28-12-5-6-13-30(28)32-31/h2-21,32H,1H3. The Kier molecular flexibility index (Phi) is 4.70. The number of aromatic nitrogens is 1. The van der Waals surface area contributed by atoms with Crippen LogP contribution in [0.4, 0.5) is 17.1 Å². The molecular formula is C31H24N2. The summed E-state index contributed by atoms with van der Waals surface area (Å²) in [6, 6.07) is 43.2. The van der Waals surface area contributed by atoms with Crippen LogP contribution in [0.25, 0.3) is 32.9 Å². The second-order valence-corrected chi connectivity index (χ2v) is 8.49. The van der Waals surface area contributed by atoms with Crippen molar-refractivity contribution in [3.05, 3.63) is 127 Å². The SMILES string of the molecule is Cc1cccc(N(c2ccccc2)c2ccc(-c3ccc4[nH]c5ccccc5c4c3)cc2)c1. The Bertz CT molecular complexity index is 1560. The van der Waals surface area contributed by atoms with Crippen LogP contribution in [0.3, 0.4) is 0 Å². The number of hydrogen-bond donors (Lipinski definition) is 1. The average Bonchev–Trinajstić information content (AvgIpc) is 3.23. The lowest BCUT2D eigenvalue weighted by Gasteiger charge is -2.26. The summed E-state index contributed by atoms with van der Waals surface area (Å²) in [5.41, 5.74) is 9.48. The molecule has 0 saturated heterocycles. The van der Waals surface area contributed by atoms with Crippen molar-refractivity contribution < 1.29 is 0 Å². The van der Waals surface area contributed by atoms with E-state index >= 15 is 0 Å². The first kappa shape index (κ1) is 19.4. The summed E-state index contributed by atoms with van der Waals surface area (Å²) < 4.78 is 0. The lowest BCUT2D eigenvalue weighted by atomic mass is 10.0. The van der Waals surface area contributed by atoms with Gasteiger partial charge in [-0.25, -0.2) is 0 Å². The number of aryl methyl sites for hydroxylation is 1. The molecule has 33 heavy (non-hydrogen) atoms. The van der Waals surface area contributed by atoms with Crippen molar-refractivity contribution in [2.75, 3.05) is 4.90 Å². The van der Waals surface area contributed by atoms with Gasteiger partial charge >= 0.3 is 0 Å². The molecule has 0 spiro atoms. The van der Waals surface area contributed by atoms with Crippen LogP contribution in [0.2, 0.25) is 0 Å². The van der Waals surface area contributed by atoms with E-state index in [2.05, 4.69) is 138 Å². The van der Waals surface area contributed by atoms with Gasteiger partial charge in [-0.05, 0) is 78.2 Å². The smallest absolute Gasteiger partial charge is 0.0465 e. The van der Waals surface area contributed by atoms with Gasteiger partial charge in [0.1, 0.15) is 0 Å². The van der Waals surface area contributed by atoms with Gasteiger partial charge in [0.2, 0.25) is 0 Å². The van der Waals surface area contributed by atoms with Gasteiger partial charge in [0, 0.05) is 38.9 Å². The molecule has 0 aliphatic carbocycles. The number of aromatic amines is 1. The number of para-hydroxylation sites is 2. The van der Waals surface area contributed by atoms with Crippen molar-refractivity contribution in [3.8, 4) is 11.1 Å². The maximum Gasteiger partial charge on any atom is 0.0465 e. The second-order valence-electron chi connectivity index (χ2n) is 8.49. The van der Waals surface area contributed by atoms with Gasteiger partial charge in [0.25, 0.3) is 0 Å². The van der Waals surface area contributed by atoms with E-state index in [9.17, 15) is 0 Å². The Morgan fingerprint density at radius 3 is 1.97 bits per heavy atom. The second kappa shape index (κ2) is 7.99. The minimum atomic E-state index is 1.14. The fourth-order valence-electron chi connectivity index (χ4n) is 4.62. The highest BCUT2D eigenvalue weighted by atomic mass is 15.1. The zero-order valence-corrected chi connectivity index (χ0v) is 18.5. The molecule has 0 unspecified atom stereocenters. The van der Waals surface area contributed by atoms with Crippen LogP contribution in [0.1, 0.15) is 5.56 Å². The highest BCUT2D eigenvalue weighted by Gasteiger charge is 2.13. The largest absolute Gasteiger partial charge is 0.355 e. The first-order valence-corrected chi connectivity index (χ1v) is 11.3. The molecule has 0 fully saturated rings. The normalized spacial score (nSPS) is 11.2. The van der Waals surface area contributed by atoms with Crippen LogP contribution in [0.15, 0.2) is 121 Å². The van der Waals surface area contributed by atoms with Crippen LogP contribution < -0.4 is 4.90 Å². The molecule has 0 saturated carbocycles. The van der Waals surface area contributed by atoms with Gasteiger partial charge in [0.15, 0.2) is 0 Å². The predicted molar refractivity (Wildman–Crippen MR) is 141 cm³/mol. The summed E-state index contributed by atoms with van der Waals surface area (Å²) >= 11 is 0. The molecule has 6 rings (SSSR count). The van der Waals surface area contributed by atoms with Crippen LogP contribution in [0.5, 0.6) is 0 Å². The molecule has 0 aliphatic rings. The molecule has 6 aromatic rings. The van der Waals surface area contributed by atoms with Gasteiger partial charge in [-0.2, -0.15) is 0 Å². The van der Waals surface area contributed by atoms with Crippen molar-refractivity contribution in [3.63, 3.8) is 0 Å². The van der Waals surface area contributed by atoms with Crippen molar-refractivity contribution in [1.82, 2.24) is 4.98 Å². The fourth-order valence-corrected chi connectivity index (χ4v) is 4.62. The van der Waals surface area contributed by atoms with Crippen molar-refractivity contribution in [1.29, 1.82) is 0 Å². The van der Waals surface area contributed by atoms with Gasteiger partial charge in [-0.1, -0.05) is 66.7 Å². The highest BCUT2D eigenvalue weighted by Crippen LogP contribution is 2.36. The lowest BCUT2D eigenvalue weighted by Crippen LogP contribution is -2.09. The molecular weight excluding hydrogens is 400 g/mol. The van der Waals surface area contributed by atoms with E-state index in [0.717, 1.165) is 17.1 Å². The Labute approximate surface area is 193 Å². The fraction of sp³-hybridized carbons (Fsp3) is 0.0323. The molecule has 0 amide bonds. The summed E-state index contributed by atoms with van der Waals surface area (Å²) in [7, 11) is 0. The molecule has 1 aromatic heterocycles. The Balaban J connectivity index is 1.42. The number of fused-ring (bicyclic) bond motifs is 3. The third-order valence-electron chi connectivity index (χ3n) is 6.24. The molecule has 0 bridgehead atoms. The Hall–Kier alpha value is -4.30. The van der Waals surface area contributed by atoms with Crippen LogP contribution in [-0.4, -0.2) is 4.98 Å². The maximum atomic E-state index is 3.51.